The largest absolute Gasteiger partial charge is 0.374 e. The normalized spacial score (nSPS) is 20.3. The molecule has 0 bridgehead atoms. The van der Waals surface area contributed by atoms with Gasteiger partial charge in [-0.2, -0.15) is 0 Å². The summed E-state index contributed by atoms with van der Waals surface area (Å²) in [5, 5.41) is 0.899. The zero-order valence-electron chi connectivity index (χ0n) is 11.0. The third kappa shape index (κ3) is 3.49. The Morgan fingerprint density at radius 2 is 2.22 bits per heavy atom. The van der Waals surface area contributed by atoms with Crippen LogP contribution in [0.4, 0.5) is 5.69 Å². The highest BCUT2D eigenvalue weighted by molar-refractivity contribution is 9.10. The molecule has 1 heterocycles. The van der Waals surface area contributed by atoms with E-state index in [9.17, 15) is 0 Å². The molecule has 0 aromatic heterocycles. The summed E-state index contributed by atoms with van der Waals surface area (Å²) in [5.74, 6) is 0.798. The molecule has 1 aromatic rings. The quantitative estimate of drug-likeness (QED) is 0.739. The van der Waals surface area contributed by atoms with E-state index in [1.807, 2.05) is 0 Å². The molecule has 100 valence electrons. The first-order valence-corrected chi connectivity index (χ1v) is 8.25. The number of halogens is 2. The number of hydrogen-bond donors (Lipinski definition) is 0. The van der Waals surface area contributed by atoms with E-state index >= 15 is 0 Å². The number of benzene rings is 1. The lowest BCUT2D eigenvalue weighted by Gasteiger charge is -2.25. The Morgan fingerprint density at radius 1 is 1.44 bits per heavy atom. The molecular formula is C14H20Br2N2. The summed E-state index contributed by atoms with van der Waals surface area (Å²) in [6, 6.07) is 6.53. The predicted octanol–water partition coefficient (Wildman–Crippen LogP) is 3.73. The van der Waals surface area contributed by atoms with Gasteiger partial charge in [-0.15, -0.1) is 0 Å². The highest BCUT2D eigenvalue weighted by Gasteiger charge is 2.21. The van der Waals surface area contributed by atoms with E-state index in [1.165, 1.54) is 30.8 Å². The van der Waals surface area contributed by atoms with Crippen LogP contribution in [0, 0.1) is 5.92 Å². The van der Waals surface area contributed by atoms with Crippen molar-refractivity contribution in [3.05, 3.63) is 28.2 Å². The van der Waals surface area contributed by atoms with Crippen LogP contribution in [-0.4, -0.2) is 38.6 Å². The topological polar surface area (TPSA) is 6.48 Å². The van der Waals surface area contributed by atoms with Gasteiger partial charge in [-0.25, -0.2) is 0 Å². The minimum atomic E-state index is 0.798. The Balaban J connectivity index is 2.06. The fourth-order valence-electron chi connectivity index (χ4n) is 2.69. The van der Waals surface area contributed by atoms with Crippen LogP contribution in [0.25, 0.3) is 0 Å². The molecule has 2 rings (SSSR count). The smallest absolute Gasteiger partial charge is 0.0405 e. The second-order valence-corrected chi connectivity index (χ2v) is 6.68. The second kappa shape index (κ2) is 6.40. The van der Waals surface area contributed by atoms with Gasteiger partial charge in [0.05, 0.1) is 0 Å². The van der Waals surface area contributed by atoms with Gasteiger partial charge >= 0.3 is 0 Å². The van der Waals surface area contributed by atoms with E-state index in [0.717, 1.165) is 22.3 Å². The van der Waals surface area contributed by atoms with Crippen LogP contribution in [0.1, 0.15) is 12.0 Å². The van der Waals surface area contributed by atoms with Gasteiger partial charge in [-0.05, 0) is 49.7 Å². The molecule has 1 aromatic carbocycles. The molecule has 1 atom stereocenters. The number of likely N-dealkylation sites (tertiary alicyclic amines) is 1. The molecule has 0 radical (unpaired) electrons. The van der Waals surface area contributed by atoms with E-state index in [0.29, 0.717) is 0 Å². The monoisotopic (exact) mass is 374 g/mol. The van der Waals surface area contributed by atoms with Crippen molar-refractivity contribution >= 4 is 37.5 Å². The minimum absolute atomic E-state index is 0.798. The van der Waals surface area contributed by atoms with Crippen molar-refractivity contribution < 1.29 is 0 Å². The summed E-state index contributed by atoms with van der Waals surface area (Å²) in [6.07, 6.45) is 1.32. The molecule has 1 unspecified atom stereocenters. The van der Waals surface area contributed by atoms with Crippen molar-refractivity contribution in [2.24, 2.45) is 5.92 Å². The highest BCUT2D eigenvalue weighted by Crippen LogP contribution is 2.27. The molecule has 0 N–H and O–H groups in total. The van der Waals surface area contributed by atoms with Gasteiger partial charge in [-0.1, -0.05) is 31.9 Å². The second-order valence-electron chi connectivity index (χ2n) is 5.20. The van der Waals surface area contributed by atoms with Crippen molar-refractivity contribution in [3.63, 3.8) is 0 Å². The molecule has 1 aliphatic rings. The predicted molar refractivity (Wildman–Crippen MR) is 85.6 cm³/mol. The fraction of sp³-hybridized carbons (Fsp3) is 0.571. The highest BCUT2D eigenvalue weighted by atomic mass is 79.9. The van der Waals surface area contributed by atoms with E-state index in [4.69, 9.17) is 0 Å². The SMILES string of the molecule is CN1CCC(CN(C)c2ccc(Br)cc2CBr)C1. The third-order valence-corrected chi connectivity index (χ3v) is 4.72. The molecular weight excluding hydrogens is 356 g/mol. The molecule has 1 aliphatic heterocycles. The summed E-state index contributed by atoms with van der Waals surface area (Å²) in [5.41, 5.74) is 2.68. The van der Waals surface area contributed by atoms with Gasteiger partial charge in [-0.3, -0.25) is 0 Å². The maximum atomic E-state index is 3.58. The van der Waals surface area contributed by atoms with E-state index in [2.05, 4.69) is 74.0 Å². The average molecular weight is 376 g/mol. The lowest BCUT2D eigenvalue weighted by atomic mass is 10.1. The van der Waals surface area contributed by atoms with Crippen molar-refractivity contribution in [2.45, 2.75) is 11.8 Å². The van der Waals surface area contributed by atoms with Crippen LogP contribution in [-0.2, 0) is 5.33 Å². The summed E-state index contributed by atoms with van der Waals surface area (Å²) in [6.45, 7) is 3.61. The Morgan fingerprint density at radius 3 is 2.83 bits per heavy atom. The van der Waals surface area contributed by atoms with Gasteiger partial charge in [0.15, 0.2) is 0 Å². The number of nitrogens with zero attached hydrogens (tertiary/aromatic N) is 2. The molecule has 0 spiro atoms. The maximum Gasteiger partial charge on any atom is 0.0405 e. The Hall–Kier alpha value is -0.0600. The zero-order chi connectivity index (χ0) is 13.1. The third-order valence-electron chi connectivity index (χ3n) is 3.62. The molecule has 0 amide bonds. The van der Waals surface area contributed by atoms with Crippen LogP contribution in [0.15, 0.2) is 22.7 Å². The number of rotatable bonds is 4. The van der Waals surface area contributed by atoms with Crippen LogP contribution < -0.4 is 4.90 Å². The van der Waals surface area contributed by atoms with Gasteiger partial charge in [0.1, 0.15) is 0 Å². The summed E-state index contributed by atoms with van der Waals surface area (Å²) >= 11 is 7.11. The first-order chi connectivity index (χ1) is 8.60. The first kappa shape index (κ1) is 14.4. The zero-order valence-corrected chi connectivity index (χ0v) is 14.2. The van der Waals surface area contributed by atoms with Crippen molar-refractivity contribution in [3.8, 4) is 0 Å². The summed E-state index contributed by atoms with van der Waals surface area (Å²) in [4.78, 5) is 4.82. The van der Waals surface area contributed by atoms with Gasteiger partial charge < -0.3 is 9.80 Å². The molecule has 0 saturated carbocycles. The van der Waals surface area contributed by atoms with Crippen molar-refractivity contribution in [1.82, 2.24) is 4.90 Å². The molecule has 18 heavy (non-hydrogen) atoms. The summed E-state index contributed by atoms with van der Waals surface area (Å²) in [7, 11) is 4.41. The Bertz CT molecular complexity index is 409. The van der Waals surface area contributed by atoms with E-state index in [1.54, 1.807) is 0 Å². The maximum absolute atomic E-state index is 3.58. The number of hydrogen-bond acceptors (Lipinski definition) is 2. The molecule has 1 fully saturated rings. The molecule has 0 aliphatic carbocycles. The molecule has 4 heteroatoms. The standard InChI is InChI=1S/C14H20Br2N2/c1-17-6-5-11(9-17)10-18(2)14-4-3-13(16)7-12(14)8-15/h3-4,7,11H,5-6,8-10H2,1-2H3. The average Bonchev–Trinajstić information content (AvgIpc) is 2.74. The minimum Gasteiger partial charge on any atom is -0.374 e. The van der Waals surface area contributed by atoms with Crippen molar-refractivity contribution in [2.75, 3.05) is 38.6 Å². The lowest BCUT2D eigenvalue weighted by Crippen LogP contribution is -2.27. The molecule has 1 saturated heterocycles. The van der Waals surface area contributed by atoms with Gasteiger partial charge in [0, 0.05) is 35.6 Å². The lowest BCUT2D eigenvalue weighted by molar-refractivity contribution is 0.396. The van der Waals surface area contributed by atoms with Crippen LogP contribution in [0.3, 0.4) is 0 Å². The summed E-state index contributed by atoms with van der Waals surface area (Å²) < 4.78 is 1.15. The fourth-order valence-corrected chi connectivity index (χ4v) is 3.55. The van der Waals surface area contributed by atoms with Crippen molar-refractivity contribution in [1.29, 1.82) is 0 Å². The first-order valence-electron chi connectivity index (χ1n) is 6.34. The van der Waals surface area contributed by atoms with Gasteiger partial charge in [0.2, 0.25) is 0 Å². The Labute approximate surface area is 127 Å². The molecule has 2 nitrogen and oxygen atoms in total. The van der Waals surface area contributed by atoms with Gasteiger partial charge in [0.25, 0.3) is 0 Å². The van der Waals surface area contributed by atoms with E-state index < -0.39 is 0 Å². The van der Waals surface area contributed by atoms with E-state index in [-0.39, 0.29) is 0 Å². The Kier molecular flexibility index (Phi) is 5.10. The van der Waals surface area contributed by atoms with Crippen LogP contribution in [0.5, 0.6) is 0 Å². The van der Waals surface area contributed by atoms with Crippen LogP contribution >= 0.6 is 31.9 Å². The van der Waals surface area contributed by atoms with Crippen LogP contribution in [0.2, 0.25) is 0 Å². The number of alkyl halides is 1. The number of anilines is 1.